The van der Waals surface area contributed by atoms with Crippen molar-refractivity contribution in [1.82, 2.24) is 0 Å². The van der Waals surface area contributed by atoms with Gasteiger partial charge in [-0.25, -0.2) is 4.39 Å². The lowest BCUT2D eigenvalue weighted by molar-refractivity contribution is 0.101. The van der Waals surface area contributed by atoms with Crippen LogP contribution in [0, 0.1) is 5.82 Å². The maximum atomic E-state index is 13.4. The summed E-state index contributed by atoms with van der Waals surface area (Å²) in [5.74, 6) is 0.131. The Labute approximate surface area is 105 Å². The fourth-order valence-electron chi connectivity index (χ4n) is 1.92. The molecule has 2 nitrogen and oxygen atoms in total. The quantitative estimate of drug-likeness (QED) is 0.769. The number of halogens is 1. The molecule has 0 bridgehead atoms. The highest BCUT2D eigenvalue weighted by Crippen LogP contribution is 2.33. The van der Waals surface area contributed by atoms with Crippen molar-refractivity contribution >= 4 is 5.78 Å². The molecule has 0 aliphatic rings. The summed E-state index contributed by atoms with van der Waals surface area (Å²) in [6.45, 7) is 1.49. The molecule has 92 valence electrons. The van der Waals surface area contributed by atoms with Gasteiger partial charge in [0.2, 0.25) is 0 Å². The highest BCUT2D eigenvalue weighted by molar-refractivity contribution is 6.01. The van der Waals surface area contributed by atoms with E-state index in [9.17, 15) is 9.18 Å². The first-order valence-electron chi connectivity index (χ1n) is 5.57. The highest BCUT2D eigenvalue weighted by Gasteiger charge is 2.13. The molecule has 0 amide bonds. The number of hydrogen-bond donors (Lipinski definition) is 0. The van der Waals surface area contributed by atoms with Gasteiger partial charge in [0.15, 0.2) is 5.78 Å². The molecule has 0 fully saturated rings. The Morgan fingerprint density at radius 2 is 1.83 bits per heavy atom. The lowest BCUT2D eigenvalue weighted by atomic mass is 9.97. The third kappa shape index (κ3) is 2.25. The van der Waals surface area contributed by atoms with Gasteiger partial charge in [-0.15, -0.1) is 0 Å². The molecule has 0 saturated carbocycles. The predicted molar refractivity (Wildman–Crippen MR) is 68.4 cm³/mol. The molecule has 0 heterocycles. The van der Waals surface area contributed by atoms with Crippen LogP contribution in [0.3, 0.4) is 0 Å². The van der Waals surface area contributed by atoms with Crippen molar-refractivity contribution in [3.05, 3.63) is 53.8 Å². The molecule has 0 aliphatic carbocycles. The molecular formula is C15H13FO2. The molecule has 0 spiro atoms. The van der Waals surface area contributed by atoms with Gasteiger partial charge in [0.25, 0.3) is 0 Å². The van der Waals surface area contributed by atoms with Crippen molar-refractivity contribution in [1.29, 1.82) is 0 Å². The number of ketones is 1. The summed E-state index contributed by atoms with van der Waals surface area (Å²) in [6.07, 6.45) is 0. The lowest BCUT2D eigenvalue weighted by Crippen LogP contribution is -1.97. The van der Waals surface area contributed by atoms with Crippen LogP contribution in [0.15, 0.2) is 42.5 Å². The van der Waals surface area contributed by atoms with E-state index in [2.05, 4.69) is 0 Å². The minimum Gasteiger partial charge on any atom is -0.496 e. The molecule has 2 aromatic carbocycles. The fourth-order valence-corrected chi connectivity index (χ4v) is 1.92. The summed E-state index contributed by atoms with van der Waals surface area (Å²) < 4.78 is 18.6. The SMILES string of the molecule is COc1ccc(F)cc1-c1ccccc1C(C)=O. The molecule has 0 aromatic heterocycles. The van der Waals surface area contributed by atoms with E-state index in [0.717, 1.165) is 0 Å². The summed E-state index contributed by atoms with van der Waals surface area (Å²) in [5, 5.41) is 0. The zero-order valence-corrected chi connectivity index (χ0v) is 10.2. The van der Waals surface area contributed by atoms with Crippen molar-refractivity contribution in [3.63, 3.8) is 0 Å². The van der Waals surface area contributed by atoms with Crippen LogP contribution in [0.4, 0.5) is 4.39 Å². The van der Waals surface area contributed by atoms with Gasteiger partial charge in [-0.2, -0.15) is 0 Å². The Morgan fingerprint density at radius 1 is 1.11 bits per heavy atom. The number of rotatable bonds is 3. The van der Waals surface area contributed by atoms with E-state index in [1.165, 1.54) is 26.2 Å². The summed E-state index contributed by atoms with van der Waals surface area (Å²) in [6, 6.07) is 11.4. The fraction of sp³-hybridized carbons (Fsp3) is 0.133. The van der Waals surface area contributed by atoms with E-state index in [-0.39, 0.29) is 11.6 Å². The van der Waals surface area contributed by atoms with Crippen molar-refractivity contribution < 1.29 is 13.9 Å². The third-order valence-corrected chi connectivity index (χ3v) is 2.76. The molecule has 2 rings (SSSR count). The zero-order chi connectivity index (χ0) is 13.1. The standard InChI is InChI=1S/C15H13FO2/c1-10(17)12-5-3-4-6-13(12)14-9-11(16)7-8-15(14)18-2/h3-9H,1-2H3. The van der Waals surface area contributed by atoms with E-state index in [1.54, 1.807) is 24.3 Å². The number of methoxy groups -OCH3 is 1. The average Bonchev–Trinajstić information content (AvgIpc) is 2.38. The van der Waals surface area contributed by atoms with Gasteiger partial charge in [0.05, 0.1) is 7.11 Å². The van der Waals surface area contributed by atoms with Gasteiger partial charge in [0.1, 0.15) is 11.6 Å². The first-order valence-corrected chi connectivity index (χ1v) is 5.57. The maximum absolute atomic E-state index is 13.4. The molecule has 3 heteroatoms. The monoisotopic (exact) mass is 244 g/mol. The number of ether oxygens (including phenoxy) is 1. The minimum atomic E-state index is -0.357. The van der Waals surface area contributed by atoms with Gasteiger partial charge in [0, 0.05) is 11.1 Å². The van der Waals surface area contributed by atoms with Crippen molar-refractivity contribution in [3.8, 4) is 16.9 Å². The van der Waals surface area contributed by atoms with Crippen molar-refractivity contribution in [2.24, 2.45) is 0 Å². The number of Topliss-reactive ketones (excluding diaryl/α,β-unsaturated/α-hetero) is 1. The molecule has 0 saturated heterocycles. The summed E-state index contributed by atoms with van der Waals surface area (Å²) in [5.41, 5.74) is 1.83. The van der Waals surface area contributed by atoms with Crippen molar-refractivity contribution in [2.45, 2.75) is 6.92 Å². The molecule has 0 radical (unpaired) electrons. The lowest BCUT2D eigenvalue weighted by Gasteiger charge is -2.11. The molecule has 18 heavy (non-hydrogen) atoms. The summed E-state index contributed by atoms with van der Waals surface area (Å²) >= 11 is 0. The second-order valence-corrected chi connectivity index (χ2v) is 3.95. The number of carbonyl (C=O) groups is 1. The Balaban J connectivity index is 2.68. The van der Waals surface area contributed by atoms with Crippen LogP contribution in [0.2, 0.25) is 0 Å². The minimum absolute atomic E-state index is 0.0584. The molecule has 0 atom stereocenters. The van der Waals surface area contributed by atoms with Gasteiger partial charge >= 0.3 is 0 Å². The molecule has 0 unspecified atom stereocenters. The first-order chi connectivity index (χ1) is 8.63. The Morgan fingerprint density at radius 3 is 2.50 bits per heavy atom. The van der Waals surface area contributed by atoms with Gasteiger partial charge in [-0.3, -0.25) is 4.79 Å². The Bertz CT molecular complexity index is 591. The third-order valence-electron chi connectivity index (χ3n) is 2.76. The smallest absolute Gasteiger partial charge is 0.160 e. The Hall–Kier alpha value is -2.16. The summed E-state index contributed by atoms with van der Waals surface area (Å²) in [7, 11) is 1.52. The van der Waals surface area contributed by atoms with E-state index in [1.807, 2.05) is 6.07 Å². The number of carbonyl (C=O) groups excluding carboxylic acids is 1. The maximum Gasteiger partial charge on any atom is 0.160 e. The first kappa shape index (κ1) is 12.3. The molecule has 0 aliphatic heterocycles. The van der Waals surface area contributed by atoms with Gasteiger partial charge < -0.3 is 4.74 Å². The summed E-state index contributed by atoms with van der Waals surface area (Å²) in [4.78, 5) is 11.6. The van der Waals surface area contributed by atoms with Crippen LogP contribution in [0.1, 0.15) is 17.3 Å². The number of benzene rings is 2. The highest BCUT2D eigenvalue weighted by atomic mass is 19.1. The number of hydrogen-bond acceptors (Lipinski definition) is 2. The van der Waals surface area contributed by atoms with E-state index < -0.39 is 0 Å². The van der Waals surface area contributed by atoms with Crippen molar-refractivity contribution in [2.75, 3.05) is 7.11 Å². The second kappa shape index (κ2) is 5.00. The van der Waals surface area contributed by atoms with Crippen LogP contribution in [-0.4, -0.2) is 12.9 Å². The average molecular weight is 244 g/mol. The largest absolute Gasteiger partial charge is 0.496 e. The predicted octanol–water partition coefficient (Wildman–Crippen LogP) is 3.70. The van der Waals surface area contributed by atoms with E-state index >= 15 is 0 Å². The van der Waals surface area contributed by atoms with Crippen LogP contribution in [0.25, 0.3) is 11.1 Å². The molecule has 2 aromatic rings. The van der Waals surface area contributed by atoms with Gasteiger partial charge in [-0.1, -0.05) is 24.3 Å². The van der Waals surface area contributed by atoms with Crippen LogP contribution < -0.4 is 4.74 Å². The van der Waals surface area contributed by atoms with E-state index in [0.29, 0.717) is 22.4 Å². The van der Waals surface area contributed by atoms with Crippen LogP contribution >= 0.6 is 0 Å². The molecular weight excluding hydrogens is 231 g/mol. The van der Waals surface area contributed by atoms with Crippen LogP contribution in [-0.2, 0) is 0 Å². The Kier molecular flexibility index (Phi) is 3.42. The molecule has 0 N–H and O–H groups in total. The van der Waals surface area contributed by atoms with Gasteiger partial charge in [-0.05, 0) is 30.7 Å². The second-order valence-electron chi connectivity index (χ2n) is 3.95. The van der Waals surface area contributed by atoms with Crippen LogP contribution in [0.5, 0.6) is 5.75 Å². The van der Waals surface area contributed by atoms with E-state index in [4.69, 9.17) is 4.74 Å². The topological polar surface area (TPSA) is 26.3 Å². The normalized spacial score (nSPS) is 10.2. The zero-order valence-electron chi connectivity index (χ0n) is 10.2.